The largest absolute Gasteiger partial charge is 0.481 e. The zero-order valence-electron chi connectivity index (χ0n) is 19.0. The third kappa shape index (κ3) is 5.46. The summed E-state index contributed by atoms with van der Waals surface area (Å²) >= 11 is 0. The van der Waals surface area contributed by atoms with Gasteiger partial charge in [0.15, 0.2) is 0 Å². The number of carboxylic acid groups (broad SMARTS) is 1. The van der Waals surface area contributed by atoms with E-state index in [2.05, 4.69) is 19.9 Å². The third-order valence-corrected chi connectivity index (χ3v) is 5.65. The molecule has 1 aromatic carbocycles. The lowest BCUT2D eigenvalue weighted by Crippen LogP contribution is -2.23. The Balaban J connectivity index is 1.51. The summed E-state index contributed by atoms with van der Waals surface area (Å²) in [5.74, 6) is -0.314. The van der Waals surface area contributed by atoms with Gasteiger partial charge in [0, 0.05) is 29.6 Å². The molecule has 174 valence electrons. The van der Waals surface area contributed by atoms with Gasteiger partial charge in [-0.15, -0.1) is 0 Å². The first-order chi connectivity index (χ1) is 16.4. The maximum atomic E-state index is 13.8. The lowest BCUT2D eigenvalue weighted by molar-refractivity contribution is -0.144. The smallest absolute Gasteiger partial charge is 0.313 e. The van der Waals surface area contributed by atoms with E-state index in [0.717, 1.165) is 16.8 Å². The van der Waals surface area contributed by atoms with Crippen molar-refractivity contribution in [1.82, 2.24) is 15.0 Å². The highest BCUT2D eigenvalue weighted by Crippen LogP contribution is 2.46. The van der Waals surface area contributed by atoms with Crippen molar-refractivity contribution in [2.45, 2.75) is 26.7 Å². The predicted molar refractivity (Wildman–Crippen MR) is 128 cm³/mol. The molecule has 1 aliphatic rings. The fraction of sp³-hybridized carbons (Fsp3) is 0.231. The van der Waals surface area contributed by atoms with Crippen LogP contribution in [0, 0.1) is 12.3 Å². The minimum Gasteiger partial charge on any atom is -0.481 e. The molecule has 7 nitrogen and oxygen atoms in total. The summed E-state index contributed by atoms with van der Waals surface area (Å²) in [6.07, 6.45) is 9.00. The monoisotopic (exact) mass is 460 g/mol. The molecule has 0 amide bonds. The van der Waals surface area contributed by atoms with Crippen molar-refractivity contribution < 1.29 is 19.0 Å². The molecule has 2 N–H and O–H groups in total. The number of hydrogen-bond acceptors (Lipinski definition) is 5. The topological polar surface area (TPSA) is 100 Å². The first kappa shape index (κ1) is 23.1. The number of aryl methyl sites for hydroxylation is 1. The molecule has 2 heterocycles. The van der Waals surface area contributed by atoms with Crippen LogP contribution in [0.2, 0.25) is 0 Å². The maximum Gasteiger partial charge on any atom is 0.313 e. The molecule has 0 unspecified atom stereocenters. The zero-order chi connectivity index (χ0) is 24.1. The van der Waals surface area contributed by atoms with Crippen LogP contribution in [0.25, 0.3) is 16.8 Å². The summed E-state index contributed by atoms with van der Waals surface area (Å²) in [7, 11) is 0. The number of nitrogens with zero attached hydrogens (tertiary/aromatic N) is 3. The molecule has 1 aliphatic carbocycles. The van der Waals surface area contributed by atoms with Crippen molar-refractivity contribution in [3.05, 3.63) is 83.8 Å². The number of aliphatic imine (C=N–C) groups is 1. The van der Waals surface area contributed by atoms with Gasteiger partial charge >= 0.3 is 5.97 Å². The van der Waals surface area contributed by atoms with E-state index in [4.69, 9.17) is 4.74 Å². The number of aromatic amines is 1. The molecule has 3 aromatic rings. The van der Waals surface area contributed by atoms with Crippen LogP contribution in [0.15, 0.2) is 71.9 Å². The number of halogens is 1. The standard InChI is InChI=1S/C26H25FN4O3/c1-17-10-24(34-16-26(8-9-26)25(32)33)30-13-21(17)20(11-18(2)27)12-28-15-23-29-14-22(31-23)19-6-4-3-5-7-19/h3-7,10-15H,8-9,16H2,1-2H3,(H,29,31)(H,32,33)/b18-11+,20-12+,28-15+. The van der Waals surface area contributed by atoms with Crippen LogP contribution in [-0.4, -0.2) is 38.8 Å². The van der Waals surface area contributed by atoms with Gasteiger partial charge in [0.2, 0.25) is 5.88 Å². The maximum absolute atomic E-state index is 13.8. The number of ether oxygens (including phenoxy) is 1. The number of pyridine rings is 1. The normalized spacial score (nSPS) is 15.5. The third-order valence-electron chi connectivity index (χ3n) is 5.65. The van der Waals surface area contributed by atoms with Crippen LogP contribution in [0.3, 0.4) is 0 Å². The predicted octanol–water partition coefficient (Wildman–Crippen LogP) is 5.36. The van der Waals surface area contributed by atoms with Gasteiger partial charge in [0.1, 0.15) is 17.8 Å². The highest BCUT2D eigenvalue weighted by molar-refractivity contribution is 5.81. The van der Waals surface area contributed by atoms with Crippen LogP contribution in [0.5, 0.6) is 5.88 Å². The lowest BCUT2D eigenvalue weighted by atomic mass is 10.0. The molecule has 8 heteroatoms. The van der Waals surface area contributed by atoms with Gasteiger partial charge in [0.25, 0.3) is 0 Å². The van der Waals surface area contributed by atoms with Crippen molar-refractivity contribution in [3.8, 4) is 17.1 Å². The van der Waals surface area contributed by atoms with Gasteiger partial charge in [-0.25, -0.2) is 14.4 Å². The van der Waals surface area contributed by atoms with Gasteiger partial charge in [-0.3, -0.25) is 9.79 Å². The van der Waals surface area contributed by atoms with E-state index >= 15 is 0 Å². The number of imidazole rings is 1. The van der Waals surface area contributed by atoms with Crippen LogP contribution >= 0.6 is 0 Å². The molecule has 0 radical (unpaired) electrons. The summed E-state index contributed by atoms with van der Waals surface area (Å²) in [5, 5.41) is 9.29. The van der Waals surface area contributed by atoms with Gasteiger partial charge in [-0.2, -0.15) is 0 Å². The van der Waals surface area contributed by atoms with E-state index in [-0.39, 0.29) is 12.4 Å². The molecule has 0 saturated heterocycles. The fourth-order valence-corrected chi connectivity index (χ4v) is 3.45. The van der Waals surface area contributed by atoms with Crippen molar-refractivity contribution in [2.75, 3.05) is 6.61 Å². The number of benzene rings is 1. The van der Waals surface area contributed by atoms with E-state index < -0.39 is 11.4 Å². The number of nitrogens with one attached hydrogen (secondary N) is 1. The molecule has 0 bridgehead atoms. The molecular weight excluding hydrogens is 435 g/mol. The highest BCUT2D eigenvalue weighted by atomic mass is 19.1. The van der Waals surface area contributed by atoms with Crippen LogP contribution < -0.4 is 4.74 Å². The molecule has 0 atom stereocenters. The highest BCUT2D eigenvalue weighted by Gasteiger charge is 2.51. The number of aliphatic carboxylic acids is 1. The molecule has 2 aromatic heterocycles. The molecule has 1 saturated carbocycles. The summed E-state index contributed by atoms with van der Waals surface area (Å²) in [6, 6.07) is 11.5. The van der Waals surface area contributed by atoms with E-state index in [1.807, 2.05) is 37.3 Å². The summed E-state index contributed by atoms with van der Waals surface area (Å²) < 4.78 is 19.4. The summed E-state index contributed by atoms with van der Waals surface area (Å²) in [5.41, 5.74) is 3.11. The van der Waals surface area contributed by atoms with Crippen molar-refractivity contribution in [3.63, 3.8) is 0 Å². The summed E-state index contributed by atoms with van der Waals surface area (Å²) in [4.78, 5) is 27.4. The van der Waals surface area contributed by atoms with Crippen LogP contribution in [0.1, 0.15) is 36.7 Å². The molecule has 0 aliphatic heterocycles. The van der Waals surface area contributed by atoms with E-state index in [9.17, 15) is 14.3 Å². The van der Waals surface area contributed by atoms with E-state index in [0.29, 0.717) is 35.7 Å². The second-order valence-corrected chi connectivity index (χ2v) is 8.35. The molecule has 4 rings (SSSR count). The Morgan fingerprint density at radius 3 is 2.68 bits per heavy atom. The number of hydrogen-bond donors (Lipinski definition) is 2. The molecule has 1 fully saturated rings. The van der Waals surface area contributed by atoms with Crippen molar-refractivity contribution in [1.29, 1.82) is 0 Å². The molecular formula is C26H25FN4O3. The number of carboxylic acids is 1. The van der Waals surface area contributed by atoms with Gasteiger partial charge in [-0.05, 0) is 43.9 Å². The number of H-pyrrole nitrogens is 1. The Morgan fingerprint density at radius 1 is 1.26 bits per heavy atom. The molecule has 34 heavy (non-hydrogen) atoms. The Morgan fingerprint density at radius 2 is 2.03 bits per heavy atom. The zero-order valence-corrected chi connectivity index (χ0v) is 19.0. The van der Waals surface area contributed by atoms with Crippen LogP contribution in [0.4, 0.5) is 4.39 Å². The van der Waals surface area contributed by atoms with E-state index in [1.165, 1.54) is 13.0 Å². The fourth-order valence-electron chi connectivity index (χ4n) is 3.45. The average molecular weight is 461 g/mol. The first-order valence-corrected chi connectivity index (χ1v) is 10.9. The number of rotatable bonds is 9. The van der Waals surface area contributed by atoms with Gasteiger partial charge in [-0.1, -0.05) is 30.3 Å². The Labute approximate surface area is 196 Å². The minimum absolute atomic E-state index is 0.0821. The Kier molecular flexibility index (Phi) is 6.67. The Hall–Kier alpha value is -4.07. The average Bonchev–Trinajstić information content (AvgIpc) is 3.48. The second kappa shape index (κ2) is 9.82. The van der Waals surface area contributed by atoms with Crippen LogP contribution in [-0.2, 0) is 4.79 Å². The SMILES string of the molecule is C\C(F)=C/C(=C\N=C\c1ncc(-c2ccccc2)[nH]1)c1cnc(OCC2(C(=O)O)CC2)cc1C. The second-order valence-electron chi connectivity index (χ2n) is 8.35. The first-order valence-electron chi connectivity index (χ1n) is 10.9. The lowest BCUT2D eigenvalue weighted by Gasteiger charge is -2.13. The van der Waals surface area contributed by atoms with Crippen molar-refractivity contribution >= 4 is 17.8 Å². The summed E-state index contributed by atoms with van der Waals surface area (Å²) in [6.45, 7) is 3.29. The number of aromatic nitrogens is 3. The quantitative estimate of drug-likeness (QED) is 0.331. The van der Waals surface area contributed by atoms with Crippen molar-refractivity contribution in [2.24, 2.45) is 10.4 Å². The number of allylic oxidation sites excluding steroid dienone is 3. The van der Waals surface area contributed by atoms with Gasteiger partial charge < -0.3 is 14.8 Å². The molecule has 0 spiro atoms. The Bertz CT molecular complexity index is 1270. The number of carbonyl (C=O) groups is 1. The van der Waals surface area contributed by atoms with Gasteiger partial charge in [0.05, 0.1) is 23.9 Å². The van der Waals surface area contributed by atoms with E-state index in [1.54, 1.807) is 30.9 Å². The minimum atomic E-state index is -0.847.